The number of methoxy groups -OCH3 is 1. The Balaban J connectivity index is 2.74. The molecule has 0 radical (unpaired) electrons. The zero-order valence-corrected chi connectivity index (χ0v) is 11.6. The van der Waals surface area contributed by atoms with Gasteiger partial charge in [-0.15, -0.1) is 0 Å². The van der Waals surface area contributed by atoms with Gasteiger partial charge in [0.25, 0.3) is 0 Å². The van der Waals surface area contributed by atoms with E-state index in [1.165, 1.54) is 13.2 Å². The zero-order valence-electron chi connectivity index (χ0n) is 11.6. The van der Waals surface area contributed by atoms with E-state index in [-0.39, 0.29) is 11.5 Å². The molecule has 20 heavy (non-hydrogen) atoms. The Labute approximate surface area is 117 Å². The first-order chi connectivity index (χ1) is 9.58. The van der Waals surface area contributed by atoms with Crippen molar-refractivity contribution in [2.45, 2.75) is 19.8 Å². The van der Waals surface area contributed by atoms with Crippen molar-refractivity contribution in [1.29, 1.82) is 5.26 Å². The molecule has 1 heterocycles. The summed E-state index contributed by atoms with van der Waals surface area (Å²) in [5.74, 6) is 0.114. The van der Waals surface area contributed by atoms with Gasteiger partial charge in [-0.25, -0.2) is 4.39 Å². The fourth-order valence-electron chi connectivity index (χ4n) is 1.98. The molecule has 0 atom stereocenters. The number of halogens is 1. The molecule has 1 aromatic heterocycles. The molecule has 0 saturated heterocycles. The SMILES string of the molecule is COc1cccc(F)c1-c1nc(C(C)C)ccc1C#N. The normalized spacial score (nSPS) is 10.4. The van der Waals surface area contributed by atoms with Crippen LogP contribution in [0.5, 0.6) is 5.75 Å². The summed E-state index contributed by atoms with van der Waals surface area (Å²) in [6.07, 6.45) is 0. The second kappa shape index (κ2) is 5.70. The van der Waals surface area contributed by atoms with E-state index in [0.29, 0.717) is 17.0 Å². The summed E-state index contributed by atoms with van der Waals surface area (Å²) in [6.45, 7) is 3.99. The van der Waals surface area contributed by atoms with E-state index in [1.807, 2.05) is 13.8 Å². The van der Waals surface area contributed by atoms with Gasteiger partial charge in [0.05, 0.1) is 23.9 Å². The number of benzene rings is 1. The molecule has 4 heteroatoms. The minimum Gasteiger partial charge on any atom is -0.496 e. The third-order valence-corrected chi connectivity index (χ3v) is 3.06. The standard InChI is InChI=1S/C16H15FN2O/c1-10(2)13-8-7-11(9-18)16(19-13)15-12(17)5-4-6-14(15)20-3/h4-8,10H,1-3H3. The van der Waals surface area contributed by atoms with Crippen LogP contribution in [-0.4, -0.2) is 12.1 Å². The lowest BCUT2D eigenvalue weighted by molar-refractivity contribution is 0.413. The lowest BCUT2D eigenvalue weighted by Crippen LogP contribution is -2.00. The van der Waals surface area contributed by atoms with Crippen molar-refractivity contribution in [1.82, 2.24) is 4.98 Å². The van der Waals surface area contributed by atoms with Gasteiger partial charge in [-0.2, -0.15) is 5.26 Å². The quantitative estimate of drug-likeness (QED) is 0.850. The van der Waals surface area contributed by atoms with Gasteiger partial charge in [-0.1, -0.05) is 19.9 Å². The molecular weight excluding hydrogens is 255 g/mol. The third kappa shape index (κ3) is 2.48. The summed E-state index contributed by atoms with van der Waals surface area (Å²) >= 11 is 0. The first kappa shape index (κ1) is 14.0. The highest BCUT2D eigenvalue weighted by Crippen LogP contribution is 2.34. The second-order valence-electron chi connectivity index (χ2n) is 4.72. The molecule has 0 bridgehead atoms. The predicted octanol–water partition coefficient (Wildman–Crippen LogP) is 3.89. The van der Waals surface area contributed by atoms with Crippen LogP contribution in [0.2, 0.25) is 0 Å². The van der Waals surface area contributed by atoms with Gasteiger partial charge < -0.3 is 4.74 Å². The van der Waals surface area contributed by atoms with Gasteiger partial charge in [-0.05, 0) is 30.2 Å². The largest absolute Gasteiger partial charge is 0.496 e. The molecule has 0 fully saturated rings. The fraction of sp³-hybridized carbons (Fsp3) is 0.250. The van der Waals surface area contributed by atoms with Crippen LogP contribution in [0.3, 0.4) is 0 Å². The van der Waals surface area contributed by atoms with Crippen molar-refractivity contribution in [2.75, 3.05) is 7.11 Å². The molecule has 0 N–H and O–H groups in total. The first-order valence-corrected chi connectivity index (χ1v) is 6.32. The Hall–Kier alpha value is -2.41. The average molecular weight is 270 g/mol. The van der Waals surface area contributed by atoms with Crippen LogP contribution in [-0.2, 0) is 0 Å². The molecule has 102 valence electrons. The summed E-state index contributed by atoms with van der Waals surface area (Å²) in [4.78, 5) is 4.44. The van der Waals surface area contributed by atoms with E-state index in [9.17, 15) is 9.65 Å². The summed E-state index contributed by atoms with van der Waals surface area (Å²) in [6, 6.07) is 10.1. The van der Waals surface area contributed by atoms with Crippen LogP contribution in [0.25, 0.3) is 11.3 Å². The van der Waals surface area contributed by atoms with Crippen molar-refractivity contribution in [3.05, 3.63) is 47.4 Å². The van der Waals surface area contributed by atoms with Gasteiger partial charge in [-0.3, -0.25) is 4.98 Å². The number of hydrogen-bond acceptors (Lipinski definition) is 3. The number of hydrogen-bond donors (Lipinski definition) is 0. The van der Waals surface area contributed by atoms with Gasteiger partial charge in [0.15, 0.2) is 0 Å². The van der Waals surface area contributed by atoms with E-state index in [4.69, 9.17) is 4.74 Å². The molecule has 2 rings (SSSR count). The van der Waals surface area contributed by atoms with E-state index in [1.54, 1.807) is 24.3 Å². The Morgan fingerprint density at radius 2 is 2.00 bits per heavy atom. The number of rotatable bonds is 3. The van der Waals surface area contributed by atoms with E-state index in [2.05, 4.69) is 11.1 Å². The molecule has 0 unspecified atom stereocenters. The molecule has 2 aromatic rings. The van der Waals surface area contributed by atoms with E-state index >= 15 is 0 Å². The number of aromatic nitrogens is 1. The zero-order chi connectivity index (χ0) is 14.7. The van der Waals surface area contributed by atoms with Gasteiger partial charge in [0, 0.05) is 5.69 Å². The van der Waals surface area contributed by atoms with Crippen molar-refractivity contribution < 1.29 is 9.13 Å². The molecule has 0 saturated carbocycles. The Morgan fingerprint density at radius 1 is 1.25 bits per heavy atom. The van der Waals surface area contributed by atoms with Crippen LogP contribution in [0.15, 0.2) is 30.3 Å². The van der Waals surface area contributed by atoms with Crippen molar-refractivity contribution in [2.24, 2.45) is 0 Å². The number of ether oxygens (including phenoxy) is 1. The molecule has 0 aliphatic carbocycles. The highest BCUT2D eigenvalue weighted by atomic mass is 19.1. The van der Waals surface area contributed by atoms with Gasteiger partial charge in [0.2, 0.25) is 0 Å². The highest BCUT2D eigenvalue weighted by molar-refractivity contribution is 5.73. The molecule has 3 nitrogen and oxygen atoms in total. The summed E-state index contributed by atoms with van der Waals surface area (Å²) in [5, 5.41) is 9.21. The Kier molecular flexibility index (Phi) is 3.99. The van der Waals surface area contributed by atoms with E-state index in [0.717, 1.165) is 5.69 Å². The number of nitriles is 1. The lowest BCUT2D eigenvalue weighted by Gasteiger charge is -2.12. The summed E-state index contributed by atoms with van der Waals surface area (Å²) < 4.78 is 19.3. The molecule has 0 aliphatic heterocycles. The van der Waals surface area contributed by atoms with Crippen molar-refractivity contribution in [3.63, 3.8) is 0 Å². The Morgan fingerprint density at radius 3 is 2.60 bits per heavy atom. The average Bonchev–Trinajstić information content (AvgIpc) is 2.46. The summed E-state index contributed by atoms with van der Waals surface area (Å²) in [5.41, 5.74) is 1.70. The minimum absolute atomic E-state index is 0.194. The number of nitrogens with zero attached hydrogens (tertiary/aromatic N) is 2. The molecule has 0 spiro atoms. The van der Waals surface area contributed by atoms with Crippen LogP contribution in [0.1, 0.15) is 31.0 Å². The maximum absolute atomic E-state index is 14.1. The lowest BCUT2D eigenvalue weighted by atomic mass is 10.0. The predicted molar refractivity (Wildman–Crippen MR) is 75.0 cm³/mol. The van der Waals surface area contributed by atoms with Crippen LogP contribution < -0.4 is 4.74 Å². The maximum atomic E-state index is 14.1. The molecule has 0 aliphatic rings. The van der Waals surface area contributed by atoms with Crippen LogP contribution in [0.4, 0.5) is 4.39 Å². The monoisotopic (exact) mass is 270 g/mol. The van der Waals surface area contributed by atoms with Crippen LogP contribution in [0, 0.1) is 17.1 Å². The topological polar surface area (TPSA) is 45.9 Å². The molecule has 0 amide bonds. The van der Waals surface area contributed by atoms with E-state index < -0.39 is 5.82 Å². The second-order valence-corrected chi connectivity index (χ2v) is 4.72. The number of pyridine rings is 1. The van der Waals surface area contributed by atoms with Gasteiger partial charge in [0.1, 0.15) is 17.6 Å². The van der Waals surface area contributed by atoms with Crippen molar-refractivity contribution in [3.8, 4) is 23.1 Å². The third-order valence-electron chi connectivity index (χ3n) is 3.06. The fourth-order valence-corrected chi connectivity index (χ4v) is 1.98. The van der Waals surface area contributed by atoms with Gasteiger partial charge >= 0.3 is 0 Å². The maximum Gasteiger partial charge on any atom is 0.136 e. The Bertz CT molecular complexity index is 675. The smallest absolute Gasteiger partial charge is 0.136 e. The minimum atomic E-state index is -0.450. The molecular formula is C16H15FN2O. The highest BCUT2D eigenvalue weighted by Gasteiger charge is 2.18. The van der Waals surface area contributed by atoms with Crippen LogP contribution >= 0.6 is 0 Å². The first-order valence-electron chi connectivity index (χ1n) is 6.32. The van der Waals surface area contributed by atoms with Crippen molar-refractivity contribution >= 4 is 0 Å². The summed E-state index contributed by atoms with van der Waals surface area (Å²) in [7, 11) is 1.47. The molecule has 1 aromatic carbocycles.